The Morgan fingerprint density at radius 3 is 2.61 bits per heavy atom. The lowest BCUT2D eigenvalue weighted by Gasteiger charge is -2.11. The molecule has 18 heavy (non-hydrogen) atoms. The van der Waals surface area contributed by atoms with Gasteiger partial charge in [0.05, 0.1) is 5.25 Å². The van der Waals surface area contributed by atoms with Crippen LogP contribution in [0.1, 0.15) is 44.7 Å². The van der Waals surface area contributed by atoms with Crippen LogP contribution in [0.3, 0.4) is 0 Å². The van der Waals surface area contributed by atoms with Crippen LogP contribution in [0.5, 0.6) is 0 Å². The number of aryl methyl sites for hydroxylation is 1. The van der Waals surface area contributed by atoms with Gasteiger partial charge in [0.25, 0.3) is 0 Å². The summed E-state index contributed by atoms with van der Waals surface area (Å²) in [5, 5.41) is 5.07. The van der Waals surface area contributed by atoms with E-state index >= 15 is 0 Å². The molecule has 0 amide bonds. The molecule has 5 nitrogen and oxygen atoms in total. The van der Waals surface area contributed by atoms with Crippen LogP contribution in [0.2, 0.25) is 0 Å². The van der Waals surface area contributed by atoms with Crippen molar-refractivity contribution in [2.75, 3.05) is 0 Å². The van der Waals surface area contributed by atoms with Crippen molar-refractivity contribution in [3.8, 4) is 0 Å². The molecule has 0 bridgehead atoms. The van der Waals surface area contributed by atoms with Gasteiger partial charge in [-0.1, -0.05) is 37.7 Å². The Kier molecular flexibility index (Phi) is 3.47. The van der Waals surface area contributed by atoms with Crippen molar-refractivity contribution < 1.29 is 4.52 Å². The quantitative estimate of drug-likeness (QED) is 0.799. The standard InChI is InChI=1S/C12H18N4OS/c1-8(18-11-13-6-7-16(11)5)9-14-10(15-17-9)12(2,3)4/h6-8H,1-5H3/t8-/m0/s1. The van der Waals surface area contributed by atoms with Crippen LogP contribution in [0, 0.1) is 0 Å². The van der Waals surface area contributed by atoms with Gasteiger partial charge >= 0.3 is 0 Å². The summed E-state index contributed by atoms with van der Waals surface area (Å²) >= 11 is 1.61. The smallest absolute Gasteiger partial charge is 0.239 e. The van der Waals surface area contributed by atoms with Crippen LogP contribution in [0.25, 0.3) is 0 Å². The highest BCUT2D eigenvalue weighted by Crippen LogP contribution is 2.33. The second-order valence-electron chi connectivity index (χ2n) is 5.29. The van der Waals surface area contributed by atoms with Crippen molar-refractivity contribution >= 4 is 11.8 Å². The minimum absolute atomic E-state index is 0.0879. The molecule has 2 aromatic rings. The third-order valence-corrected chi connectivity index (χ3v) is 3.68. The van der Waals surface area contributed by atoms with E-state index in [0.29, 0.717) is 5.89 Å². The molecule has 2 heterocycles. The van der Waals surface area contributed by atoms with E-state index in [1.165, 1.54) is 0 Å². The van der Waals surface area contributed by atoms with E-state index in [4.69, 9.17) is 4.52 Å². The lowest BCUT2D eigenvalue weighted by molar-refractivity contribution is 0.364. The zero-order valence-corrected chi connectivity index (χ0v) is 12.2. The Bertz CT molecular complexity index is 526. The van der Waals surface area contributed by atoms with E-state index in [1.54, 1.807) is 18.0 Å². The number of hydrogen-bond donors (Lipinski definition) is 0. The molecule has 0 aromatic carbocycles. The van der Waals surface area contributed by atoms with Gasteiger partial charge in [0.2, 0.25) is 5.89 Å². The molecule has 2 aromatic heterocycles. The number of imidazole rings is 1. The van der Waals surface area contributed by atoms with Gasteiger partial charge in [-0.15, -0.1) is 0 Å². The number of rotatable bonds is 3. The Balaban J connectivity index is 2.12. The molecule has 98 valence electrons. The van der Waals surface area contributed by atoms with E-state index in [0.717, 1.165) is 11.0 Å². The zero-order valence-electron chi connectivity index (χ0n) is 11.3. The van der Waals surface area contributed by atoms with E-state index < -0.39 is 0 Å². The molecule has 0 aliphatic rings. The summed E-state index contributed by atoms with van der Waals surface area (Å²) in [5.41, 5.74) is -0.0879. The van der Waals surface area contributed by atoms with Gasteiger partial charge in [0.1, 0.15) is 0 Å². The van der Waals surface area contributed by atoms with Crippen molar-refractivity contribution in [1.82, 2.24) is 19.7 Å². The number of hydrogen-bond acceptors (Lipinski definition) is 5. The van der Waals surface area contributed by atoms with Crippen molar-refractivity contribution in [2.45, 2.75) is 43.5 Å². The van der Waals surface area contributed by atoms with Crippen LogP contribution in [-0.4, -0.2) is 19.7 Å². The third kappa shape index (κ3) is 2.75. The summed E-state index contributed by atoms with van der Waals surface area (Å²) in [5.74, 6) is 1.39. The van der Waals surface area contributed by atoms with Crippen LogP contribution >= 0.6 is 11.8 Å². The topological polar surface area (TPSA) is 56.7 Å². The third-order valence-electron chi connectivity index (χ3n) is 2.52. The average Bonchev–Trinajstić information content (AvgIpc) is 2.87. The largest absolute Gasteiger partial charge is 0.338 e. The van der Waals surface area contributed by atoms with Gasteiger partial charge in [0.15, 0.2) is 11.0 Å². The fourth-order valence-electron chi connectivity index (χ4n) is 1.38. The van der Waals surface area contributed by atoms with E-state index in [-0.39, 0.29) is 10.7 Å². The lowest BCUT2D eigenvalue weighted by Crippen LogP contribution is -2.13. The molecule has 0 unspecified atom stereocenters. The molecule has 0 radical (unpaired) electrons. The predicted octanol–water partition coefficient (Wildman–Crippen LogP) is 2.95. The maximum atomic E-state index is 5.32. The average molecular weight is 266 g/mol. The summed E-state index contributed by atoms with van der Waals surface area (Å²) in [4.78, 5) is 8.73. The Hall–Kier alpha value is -1.30. The first kappa shape index (κ1) is 13.1. The molecule has 0 saturated heterocycles. The summed E-state index contributed by atoms with van der Waals surface area (Å²) in [6.45, 7) is 8.24. The van der Waals surface area contributed by atoms with Crippen molar-refractivity contribution in [1.29, 1.82) is 0 Å². The first-order valence-corrected chi connectivity index (χ1v) is 6.74. The highest BCUT2D eigenvalue weighted by Gasteiger charge is 2.24. The van der Waals surface area contributed by atoms with Gasteiger partial charge in [-0.2, -0.15) is 4.98 Å². The second-order valence-corrected chi connectivity index (χ2v) is 6.59. The van der Waals surface area contributed by atoms with Crippen molar-refractivity contribution in [2.24, 2.45) is 7.05 Å². The molecular formula is C12H18N4OS. The molecule has 1 atom stereocenters. The van der Waals surface area contributed by atoms with Crippen LogP contribution < -0.4 is 0 Å². The zero-order chi connectivity index (χ0) is 13.3. The van der Waals surface area contributed by atoms with Gasteiger partial charge in [-0.05, 0) is 6.92 Å². The van der Waals surface area contributed by atoms with Gasteiger partial charge in [-0.3, -0.25) is 0 Å². The van der Waals surface area contributed by atoms with Crippen LogP contribution in [0.4, 0.5) is 0 Å². The van der Waals surface area contributed by atoms with Gasteiger partial charge in [-0.25, -0.2) is 4.98 Å². The maximum Gasteiger partial charge on any atom is 0.239 e. The Morgan fingerprint density at radius 1 is 1.39 bits per heavy atom. The molecule has 0 saturated carbocycles. The first-order chi connectivity index (χ1) is 8.38. The van der Waals surface area contributed by atoms with Crippen molar-refractivity contribution in [3.63, 3.8) is 0 Å². The van der Waals surface area contributed by atoms with Crippen LogP contribution in [-0.2, 0) is 12.5 Å². The fraction of sp³-hybridized carbons (Fsp3) is 0.583. The molecular weight excluding hydrogens is 248 g/mol. The number of nitrogens with zero attached hydrogens (tertiary/aromatic N) is 4. The minimum atomic E-state index is -0.0879. The van der Waals surface area contributed by atoms with Crippen molar-refractivity contribution in [3.05, 3.63) is 24.1 Å². The Labute approximate surface area is 111 Å². The summed E-state index contributed by atoms with van der Waals surface area (Å²) in [6.07, 6.45) is 3.70. The lowest BCUT2D eigenvalue weighted by atomic mass is 9.96. The van der Waals surface area contributed by atoms with Crippen LogP contribution in [0.15, 0.2) is 22.1 Å². The normalized spacial score (nSPS) is 13.8. The highest BCUT2D eigenvalue weighted by atomic mass is 32.2. The Morgan fingerprint density at radius 2 is 2.11 bits per heavy atom. The molecule has 0 spiro atoms. The SMILES string of the molecule is C[C@H](Sc1nccn1C)c1nc(C(C)(C)C)no1. The summed E-state index contributed by atoms with van der Waals surface area (Å²) in [6, 6.07) is 0. The second kappa shape index (κ2) is 4.76. The van der Waals surface area contributed by atoms with E-state index in [2.05, 4.69) is 35.9 Å². The van der Waals surface area contributed by atoms with E-state index in [9.17, 15) is 0 Å². The van der Waals surface area contributed by atoms with Gasteiger partial charge in [0, 0.05) is 24.9 Å². The summed E-state index contributed by atoms with van der Waals surface area (Å²) in [7, 11) is 1.97. The predicted molar refractivity (Wildman–Crippen MR) is 70.5 cm³/mol. The number of aromatic nitrogens is 4. The highest BCUT2D eigenvalue weighted by molar-refractivity contribution is 7.99. The molecule has 0 aliphatic carbocycles. The molecule has 0 aliphatic heterocycles. The molecule has 0 fully saturated rings. The maximum absolute atomic E-state index is 5.32. The monoisotopic (exact) mass is 266 g/mol. The fourth-order valence-corrected chi connectivity index (χ4v) is 2.24. The van der Waals surface area contributed by atoms with E-state index in [1.807, 2.05) is 24.7 Å². The first-order valence-electron chi connectivity index (χ1n) is 5.86. The number of thioether (sulfide) groups is 1. The molecule has 2 rings (SSSR count). The molecule has 6 heteroatoms. The summed E-state index contributed by atoms with van der Waals surface area (Å²) < 4.78 is 7.30. The molecule has 0 N–H and O–H groups in total. The van der Waals surface area contributed by atoms with Gasteiger partial charge < -0.3 is 9.09 Å². The minimum Gasteiger partial charge on any atom is -0.338 e.